The van der Waals surface area contributed by atoms with Gasteiger partial charge in [0.05, 0.1) is 49.8 Å². The zero-order valence-corrected chi connectivity index (χ0v) is 44.9. The summed E-state index contributed by atoms with van der Waals surface area (Å²) in [6.07, 6.45) is -25.3. The summed E-state index contributed by atoms with van der Waals surface area (Å²) in [5.41, 5.74) is -2.78. The van der Waals surface area contributed by atoms with Crippen LogP contribution in [-0.2, 0) is 37.9 Å². The molecule has 14 N–H and O–H groups in total. The minimum Gasteiger partial charge on any atom is -0.394 e. The third-order valence-corrected chi connectivity index (χ3v) is 20.4. The molecular weight excluding hydrogens is 989 g/mol. The second-order valence-electron chi connectivity index (χ2n) is 25.4. The van der Waals surface area contributed by atoms with Crippen LogP contribution >= 0.6 is 0 Å². The minimum atomic E-state index is -1.77. The highest BCUT2D eigenvalue weighted by Crippen LogP contribution is 2.76. The van der Waals surface area contributed by atoms with Crippen molar-refractivity contribution in [2.75, 3.05) is 19.8 Å². The summed E-state index contributed by atoms with van der Waals surface area (Å²) in [5, 5.41) is 155. The molecule has 0 aromatic carbocycles. The van der Waals surface area contributed by atoms with E-state index in [4.69, 9.17) is 37.9 Å². The first-order valence-electron chi connectivity index (χ1n) is 27.2. The van der Waals surface area contributed by atoms with Crippen molar-refractivity contribution in [2.24, 2.45) is 45.3 Å². The lowest BCUT2D eigenvalue weighted by molar-refractivity contribution is -0.382. The predicted octanol–water partition coefficient (Wildman–Crippen LogP) is -1.57. The van der Waals surface area contributed by atoms with Gasteiger partial charge in [-0.3, -0.25) is 0 Å². The molecule has 0 aromatic heterocycles. The maximum atomic E-state index is 12.9. The molecule has 4 saturated heterocycles. The number of aliphatic hydroxyl groups excluding tert-OH is 14. The van der Waals surface area contributed by atoms with Crippen molar-refractivity contribution in [2.45, 2.75) is 254 Å². The summed E-state index contributed by atoms with van der Waals surface area (Å²) in [7, 11) is 0. The molecule has 22 nitrogen and oxygen atoms in total. The maximum Gasteiger partial charge on any atom is 0.187 e. The van der Waals surface area contributed by atoms with Crippen LogP contribution in [0.25, 0.3) is 0 Å². The molecule has 4 aliphatic carbocycles. The van der Waals surface area contributed by atoms with Crippen molar-refractivity contribution in [1.29, 1.82) is 0 Å². The van der Waals surface area contributed by atoms with Gasteiger partial charge in [0.1, 0.15) is 85.5 Å². The van der Waals surface area contributed by atoms with Gasteiger partial charge >= 0.3 is 0 Å². The first-order chi connectivity index (χ1) is 35.0. The monoisotopic (exact) mass is 1080 g/mol. The first-order valence-corrected chi connectivity index (χ1v) is 27.2. The van der Waals surface area contributed by atoms with Crippen molar-refractivity contribution >= 4 is 0 Å². The highest BCUT2D eigenvalue weighted by molar-refractivity contribution is 5.22. The van der Waals surface area contributed by atoms with E-state index < -0.39 is 194 Å². The molecule has 0 spiro atoms. The molecule has 0 radical (unpaired) electrons. The molecule has 8 aliphatic rings. The Morgan fingerprint density at radius 2 is 1.20 bits per heavy atom. The quantitative estimate of drug-likeness (QED) is 0.0651. The number of ether oxygens (including phenoxy) is 8. The smallest absolute Gasteiger partial charge is 0.187 e. The number of aliphatic hydroxyl groups is 14. The topological polar surface area (TPSA) is 357 Å². The maximum absolute atomic E-state index is 12.9. The minimum absolute atomic E-state index is 0.136. The van der Waals surface area contributed by atoms with Gasteiger partial charge in [0.15, 0.2) is 25.2 Å². The fourth-order valence-corrected chi connectivity index (χ4v) is 16.1. The molecule has 8 fully saturated rings. The van der Waals surface area contributed by atoms with Gasteiger partial charge in [-0.1, -0.05) is 46.3 Å². The van der Waals surface area contributed by atoms with Crippen LogP contribution in [0.5, 0.6) is 0 Å². The van der Waals surface area contributed by atoms with Gasteiger partial charge in [0, 0.05) is 0 Å². The fraction of sp³-hybridized carbons (Fsp3) is 0.962. The second-order valence-corrected chi connectivity index (χ2v) is 25.4. The van der Waals surface area contributed by atoms with E-state index in [0.29, 0.717) is 51.4 Å². The highest BCUT2D eigenvalue weighted by atomic mass is 16.8. The van der Waals surface area contributed by atoms with Crippen LogP contribution in [0.4, 0.5) is 0 Å². The van der Waals surface area contributed by atoms with Gasteiger partial charge in [-0.05, 0) is 124 Å². The third kappa shape index (κ3) is 10.4. The van der Waals surface area contributed by atoms with E-state index in [1.807, 2.05) is 34.6 Å². The van der Waals surface area contributed by atoms with Crippen LogP contribution in [0.1, 0.15) is 114 Å². The Hall–Kier alpha value is -1.14. The average Bonchev–Trinajstić information content (AvgIpc) is 3.87. The molecule has 30 atom stereocenters. The van der Waals surface area contributed by atoms with Gasteiger partial charge in [-0.15, -0.1) is 0 Å². The summed E-state index contributed by atoms with van der Waals surface area (Å²) in [5.74, 6) is -1.36. The predicted molar refractivity (Wildman–Crippen MR) is 260 cm³/mol. The summed E-state index contributed by atoms with van der Waals surface area (Å²) in [6, 6.07) is 0. The van der Waals surface area contributed by atoms with Crippen LogP contribution in [0.15, 0.2) is 11.6 Å². The van der Waals surface area contributed by atoms with Crippen molar-refractivity contribution in [3.8, 4) is 0 Å². The van der Waals surface area contributed by atoms with Gasteiger partial charge in [-0.2, -0.15) is 0 Å². The van der Waals surface area contributed by atoms with E-state index >= 15 is 0 Å². The van der Waals surface area contributed by atoms with E-state index in [-0.39, 0.29) is 11.8 Å². The van der Waals surface area contributed by atoms with Crippen LogP contribution in [0.3, 0.4) is 0 Å². The summed E-state index contributed by atoms with van der Waals surface area (Å²) < 4.78 is 49.8. The lowest BCUT2D eigenvalue weighted by atomic mass is 9.34. The Kier molecular flexibility index (Phi) is 17.8. The Labute approximate surface area is 439 Å². The Bertz CT molecular complexity index is 1960. The Morgan fingerprint density at radius 1 is 0.627 bits per heavy atom. The Morgan fingerprint density at radius 3 is 1.84 bits per heavy atom. The lowest BCUT2D eigenvalue weighted by Gasteiger charge is -2.72. The molecule has 0 unspecified atom stereocenters. The first kappa shape index (κ1) is 60.0. The van der Waals surface area contributed by atoms with E-state index in [1.165, 1.54) is 6.92 Å². The molecule has 4 saturated carbocycles. The van der Waals surface area contributed by atoms with Gasteiger partial charge < -0.3 is 109 Å². The molecule has 4 aliphatic heterocycles. The summed E-state index contributed by atoms with van der Waals surface area (Å²) in [4.78, 5) is 0. The summed E-state index contributed by atoms with van der Waals surface area (Å²) in [6.45, 7) is 16.2. The molecule has 75 heavy (non-hydrogen) atoms. The molecule has 0 amide bonds. The number of hydrogen-bond acceptors (Lipinski definition) is 22. The Balaban J connectivity index is 1.12. The third-order valence-electron chi connectivity index (χ3n) is 20.4. The van der Waals surface area contributed by atoms with E-state index in [0.717, 1.165) is 5.57 Å². The molecule has 0 aromatic rings. The van der Waals surface area contributed by atoms with Crippen LogP contribution < -0.4 is 0 Å². The second kappa shape index (κ2) is 22.3. The lowest BCUT2D eigenvalue weighted by Crippen LogP contribution is -2.71. The largest absolute Gasteiger partial charge is 0.394 e. The van der Waals surface area contributed by atoms with Crippen molar-refractivity contribution < 1.29 is 109 Å². The van der Waals surface area contributed by atoms with Crippen molar-refractivity contribution in [3.63, 3.8) is 0 Å². The van der Waals surface area contributed by atoms with Gasteiger partial charge in [0.25, 0.3) is 0 Å². The van der Waals surface area contributed by atoms with Crippen LogP contribution in [0, 0.1) is 45.3 Å². The molecule has 0 bridgehead atoms. The normalized spacial score (nSPS) is 53.6. The van der Waals surface area contributed by atoms with Crippen molar-refractivity contribution in [1.82, 2.24) is 0 Å². The van der Waals surface area contributed by atoms with E-state index in [1.54, 1.807) is 0 Å². The van der Waals surface area contributed by atoms with Crippen molar-refractivity contribution in [3.05, 3.63) is 11.6 Å². The standard InChI is InChI=1S/C53H90O22/c1-22(2)11-10-14-53(9,75-47-42(67)38(63)36(61)29(73-47)21-68-45-40(65)35(60)28(20-55)71-45)24-12-16-51(7)32(24)25(56)17-30-50(6)15-13-31(57)49(4,5)44(50)26(18-52(30,51)8)70-48-43(39(64)34(59)27(19-54)72-48)74-46-41(66)37(62)33(58)23(3)69-46/h11,23-48,54-67H,10,12-21H2,1-9H3/t23-,24+,25+,26-,27+,28-,29+,30+,31-,32-,33-,34+,35-,36+,37+,38-,39-,40+,41+,42+,43+,44-,45+,46-,47-,48+,50+,51+,52+,53-/m0/s1. The molecule has 8 rings (SSSR count). The van der Waals surface area contributed by atoms with E-state index in [9.17, 15) is 71.5 Å². The van der Waals surface area contributed by atoms with Gasteiger partial charge in [0.2, 0.25) is 0 Å². The number of rotatable bonds is 15. The number of fused-ring (bicyclic) bond motifs is 5. The molecule has 22 heteroatoms. The van der Waals surface area contributed by atoms with Gasteiger partial charge in [-0.25, -0.2) is 0 Å². The molecule has 4 heterocycles. The zero-order valence-electron chi connectivity index (χ0n) is 44.9. The number of allylic oxidation sites excluding steroid dienone is 2. The van der Waals surface area contributed by atoms with E-state index in [2.05, 4.69) is 26.8 Å². The zero-order chi connectivity index (χ0) is 55.2. The molecule has 434 valence electrons. The molecular formula is C53H90O22. The SMILES string of the molecule is CC(C)=CCC[C@](C)(O[C@@H]1O[C@H](CO[C@@H]2O[C@@H](CO)[C@H](O)[C@H]2O)[C@@H](O)[C@H](O)[C@H]1O)[C@@H]1CC[C@]2(C)[C@@H]1[C@H](O)C[C@@H]1[C@@]3(C)CC[C@H](O)C(C)(C)[C@@H]3[C@@H](O[C@@H]3O[C@H](CO)[C@@H](O)[C@H](O)[C@H]3O[C@@H]3O[C@@H](C)[C@H](O)[C@@H](O)[C@H]3O)C[C@]12C. The summed E-state index contributed by atoms with van der Waals surface area (Å²) >= 11 is 0. The average molecular weight is 1080 g/mol. The van der Waals surface area contributed by atoms with Crippen LogP contribution in [-0.4, -0.2) is 232 Å². The number of hydrogen-bond donors (Lipinski definition) is 14. The van der Waals surface area contributed by atoms with Crippen LogP contribution in [0.2, 0.25) is 0 Å². The fourth-order valence-electron chi connectivity index (χ4n) is 16.1. The highest BCUT2D eigenvalue weighted by Gasteiger charge is 2.74.